The predicted octanol–water partition coefficient (Wildman–Crippen LogP) is 3.01. The van der Waals surface area contributed by atoms with E-state index in [1.807, 2.05) is 0 Å². The average Bonchev–Trinajstić information content (AvgIpc) is 2.56. The largest absolute Gasteiger partial charge is 0.481 e. The summed E-state index contributed by atoms with van der Waals surface area (Å²) >= 11 is 0. The van der Waals surface area contributed by atoms with E-state index < -0.39 is 36.6 Å². The van der Waals surface area contributed by atoms with E-state index in [9.17, 15) is 27.9 Å². The smallest absolute Gasteiger partial charge is 0.406 e. The molecule has 0 unspecified atom stereocenters. The molecular formula is C17H13F3N2O3. The van der Waals surface area contributed by atoms with Crippen molar-refractivity contribution in [2.75, 3.05) is 6.54 Å². The van der Waals surface area contributed by atoms with E-state index in [2.05, 4.69) is 4.98 Å². The number of nitrogens with zero attached hydrogens (tertiary/aromatic N) is 2. The molecule has 3 rings (SSSR count). The van der Waals surface area contributed by atoms with Crippen LogP contribution in [0.5, 0.6) is 0 Å². The van der Waals surface area contributed by atoms with Gasteiger partial charge < -0.3 is 10.0 Å². The number of hydrogen-bond acceptors (Lipinski definition) is 3. The average molecular weight is 350 g/mol. The van der Waals surface area contributed by atoms with Crippen molar-refractivity contribution >= 4 is 11.9 Å². The van der Waals surface area contributed by atoms with E-state index in [1.54, 1.807) is 6.07 Å². The number of carbonyl (C=O) groups excluding carboxylic acids is 1. The second kappa shape index (κ2) is 6.19. The lowest BCUT2D eigenvalue weighted by atomic mass is 9.80. The number of fused-ring (bicyclic) bond motifs is 1. The normalized spacial score (nSPS) is 20.3. The molecule has 0 radical (unpaired) electrons. The van der Waals surface area contributed by atoms with Crippen molar-refractivity contribution in [3.63, 3.8) is 0 Å². The molecule has 0 fully saturated rings. The number of aliphatic carboxylic acids is 1. The molecule has 0 saturated heterocycles. The van der Waals surface area contributed by atoms with E-state index in [4.69, 9.17) is 0 Å². The minimum atomic E-state index is -4.66. The van der Waals surface area contributed by atoms with Crippen LogP contribution in [0, 0.1) is 0 Å². The standard InChI is InChI=1S/C17H13F3N2O3/c18-17(19,20)9-22-14(10-4-3-7-21-8-10)13(16(24)25)11-5-1-2-6-12(11)15(22)23/h1-8,13-14H,9H2,(H,24,25)/t13-,14+/m0/s1. The van der Waals surface area contributed by atoms with Crippen LogP contribution in [0.15, 0.2) is 48.8 Å². The fourth-order valence-electron chi connectivity index (χ4n) is 3.15. The Hall–Kier alpha value is -2.90. The summed E-state index contributed by atoms with van der Waals surface area (Å²) in [6.45, 7) is -1.54. The fraction of sp³-hybridized carbons (Fsp3) is 0.235. The lowest BCUT2D eigenvalue weighted by Crippen LogP contribution is -2.48. The Balaban J connectivity index is 2.21. The van der Waals surface area contributed by atoms with Crippen molar-refractivity contribution in [1.29, 1.82) is 0 Å². The van der Waals surface area contributed by atoms with Crippen molar-refractivity contribution in [2.24, 2.45) is 0 Å². The molecule has 1 aromatic heterocycles. The van der Waals surface area contributed by atoms with Crippen LogP contribution in [0.2, 0.25) is 0 Å². The van der Waals surface area contributed by atoms with Crippen LogP contribution in [-0.2, 0) is 4.79 Å². The first-order chi connectivity index (χ1) is 11.8. The third-order valence-corrected chi connectivity index (χ3v) is 4.08. The quantitative estimate of drug-likeness (QED) is 0.924. The first-order valence-corrected chi connectivity index (χ1v) is 7.39. The maximum atomic E-state index is 13.0. The Morgan fingerprint density at radius 2 is 1.92 bits per heavy atom. The number of hydrogen-bond donors (Lipinski definition) is 1. The van der Waals surface area contributed by atoms with Gasteiger partial charge in [0.1, 0.15) is 12.5 Å². The van der Waals surface area contributed by atoms with Crippen LogP contribution >= 0.6 is 0 Å². The number of rotatable bonds is 3. The van der Waals surface area contributed by atoms with E-state index in [0.29, 0.717) is 4.90 Å². The van der Waals surface area contributed by atoms with Gasteiger partial charge in [0, 0.05) is 18.0 Å². The van der Waals surface area contributed by atoms with E-state index >= 15 is 0 Å². The molecule has 25 heavy (non-hydrogen) atoms. The van der Waals surface area contributed by atoms with Crippen molar-refractivity contribution in [3.8, 4) is 0 Å². The highest BCUT2D eigenvalue weighted by atomic mass is 19.4. The molecule has 0 bridgehead atoms. The van der Waals surface area contributed by atoms with Gasteiger partial charge in [-0.15, -0.1) is 0 Å². The third kappa shape index (κ3) is 3.19. The van der Waals surface area contributed by atoms with Gasteiger partial charge in [0.25, 0.3) is 5.91 Å². The van der Waals surface area contributed by atoms with E-state index in [0.717, 1.165) is 0 Å². The molecule has 2 aromatic rings. The van der Waals surface area contributed by atoms with Crippen LogP contribution in [0.25, 0.3) is 0 Å². The summed E-state index contributed by atoms with van der Waals surface area (Å²) in [6, 6.07) is 7.52. The molecule has 1 aliphatic rings. The first-order valence-electron chi connectivity index (χ1n) is 7.39. The van der Waals surface area contributed by atoms with E-state index in [1.165, 1.54) is 42.7 Å². The maximum Gasteiger partial charge on any atom is 0.406 e. The molecule has 2 atom stereocenters. The van der Waals surface area contributed by atoms with Crippen molar-refractivity contribution in [2.45, 2.75) is 18.1 Å². The Morgan fingerprint density at radius 3 is 2.52 bits per heavy atom. The number of halogens is 3. The van der Waals surface area contributed by atoms with Gasteiger partial charge in [-0.3, -0.25) is 14.6 Å². The van der Waals surface area contributed by atoms with Gasteiger partial charge in [-0.2, -0.15) is 13.2 Å². The Bertz CT molecular complexity index is 808. The first kappa shape index (κ1) is 16.9. The summed E-state index contributed by atoms with van der Waals surface area (Å²) in [5.74, 6) is -3.47. The Labute approximate surface area is 140 Å². The van der Waals surface area contributed by atoms with Crippen molar-refractivity contribution in [1.82, 2.24) is 9.88 Å². The van der Waals surface area contributed by atoms with Gasteiger partial charge in [0.05, 0.1) is 6.04 Å². The van der Waals surface area contributed by atoms with Gasteiger partial charge in [0.15, 0.2) is 0 Å². The number of carboxylic acid groups (broad SMARTS) is 1. The molecule has 130 valence electrons. The highest BCUT2D eigenvalue weighted by Crippen LogP contribution is 2.43. The van der Waals surface area contributed by atoms with Crippen LogP contribution in [-0.4, -0.2) is 39.6 Å². The molecule has 8 heteroatoms. The van der Waals surface area contributed by atoms with Crippen molar-refractivity contribution in [3.05, 3.63) is 65.5 Å². The number of carbonyl (C=O) groups is 2. The predicted molar refractivity (Wildman–Crippen MR) is 80.9 cm³/mol. The zero-order chi connectivity index (χ0) is 18.2. The molecule has 1 aromatic carbocycles. The summed E-state index contributed by atoms with van der Waals surface area (Å²) in [6.07, 6.45) is -1.96. The number of alkyl halides is 3. The molecule has 2 heterocycles. The SMILES string of the molecule is O=C(O)[C@H]1c2ccccc2C(=O)N(CC(F)(F)F)[C@@H]1c1cccnc1. The second-order valence-electron chi connectivity index (χ2n) is 5.68. The minimum Gasteiger partial charge on any atom is -0.481 e. The summed E-state index contributed by atoms with van der Waals surface area (Å²) in [5.41, 5.74) is 0.411. The summed E-state index contributed by atoms with van der Waals surface area (Å²) in [7, 11) is 0. The van der Waals surface area contributed by atoms with E-state index in [-0.39, 0.29) is 16.7 Å². The molecule has 1 N–H and O–H groups in total. The summed E-state index contributed by atoms with van der Waals surface area (Å²) in [5, 5.41) is 9.68. The second-order valence-corrected chi connectivity index (χ2v) is 5.68. The molecule has 0 aliphatic carbocycles. The Kier molecular flexibility index (Phi) is 4.20. The van der Waals surface area contributed by atoms with Crippen LogP contribution in [0.1, 0.15) is 33.4 Å². The van der Waals surface area contributed by atoms with Crippen molar-refractivity contribution < 1.29 is 27.9 Å². The summed E-state index contributed by atoms with van der Waals surface area (Å²) < 4.78 is 39.1. The van der Waals surface area contributed by atoms with Gasteiger partial charge >= 0.3 is 12.1 Å². The van der Waals surface area contributed by atoms with Gasteiger partial charge in [-0.1, -0.05) is 24.3 Å². The molecule has 0 spiro atoms. The lowest BCUT2D eigenvalue weighted by molar-refractivity contribution is -0.153. The highest BCUT2D eigenvalue weighted by Gasteiger charge is 2.47. The Morgan fingerprint density at radius 1 is 1.20 bits per heavy atom. The fourth-order valence-corrected chi connectivity index (χ4v) is 3.15. The monoisotopic (exact) mass is 350 g/mol. The minimum absolute atomic E-state index is 0.0284. The highest BCUT2D eigenvalue weighted by molar-refractivity contribution is 6.00. The molecule has 1 aliphatic heterocycles. The van der Waals surface area contributed by atoms with Crippen LogP contribution < -0.4 is 0 Å². The maximum absolute atomic E-state index is 13.0. The number of pyridine rings is 1. The number of benzene rings is 1. The lowest BCUT2D eigenvalue weighted by Gasteiger charge is -2.40. The molecule has 0 saturated carbocycles. The van der Waals surface area contributed by atoms with Gasteiger partial charge in [-0.25, -0.2) is 0 Å². The number of carboxylic acids is 1. The summed E-state index contributed by atoms with van der Waals surface area (Å²) in [4.78, 5) is 29.0. The molecule has 1 amide bonds. The molecule has 5 nitrogen and oxygen atoms in total. The zero-order valence-corrected chi connectivity index (χ0v) is 12.8. The van der Waals surface area contributed by atoms with Crippen LogP contribution in [0.4, 0.5) is 13.2 Å². The number of amides is 1. The zero-order valence-electron chi connectivity index (χ0n) is 12.8. The molecular weight excluding hydrogens is 337 g/mol. The third-order valence-electron chi connectivity index (χ3n) is 4.08. The topological polar surface area (TPSA) is 70.5 Å². The number of aromatic nitrogens is 1. The van der Waals surface area contributed by atoms with Crippen LogP contribution in [0.3, 0.4) is 0 Å². The van der Waals surface area contributed by atoms with Gasteiger partial charge in [0.2, 0.25) is 0 Å². The van der Waals surface area contributed by atoms with Gasteiger partial charge in [-0.05, 0) is 23.3 Å².